The molecule has 8 heteroatoms. The van der Waals surface area contributed by atoms with Crippen LogP contribution in [0.3, 0.4) is 0 Å². The third-order valence-corrected chi connectivity index (χ3v) is 4.78. The van der Waals surface area contributed by atoms with E-state index in [0.717, 1.165) is 17.1 Å². The van der Waals surface area contributed by atoms with E-state index in [4.69, 9.17) is 11.6 Å². The molecule has 0 saturated carbocycles. The third kappa shape index (κ3) is 5.59. The fraction of sp³-hybridized carbons (Fsp3) is 0.0833. The van der Waals surface area contributed by atoms with Gasteiger partial charge in [0.2, 0.25) is 0 Å². The lowest BCUT2D eigenvalue weighted by atomic mass is 10.2. The highest BCUT2D eigenvalue weighted by Gasteiger charge is 2.07. The minimum Gasteiger partial charge on any atom is -0.340 e. The number of halogens is 1. The molecule has 0 bridgehead atoms. The molecule has 0 radical (unpaired) electrons. The van der Waals surface area contributed by atoms with E-state index >= 15 is 0 Å². The summed E-state index contributed by atoms with van der Waals surface area (Å²) in [5, 5.41) is 9.92. The lowest BCUT2D eigenvalue weighted by molar-refractivity contribution is 0.102. The maximum Gasteiger partial charge on any atom is 0.255 e. The predicted octanol–water partition coefficient (Wildman–Crippen LogP) is 5.88. The summed E-state index contributed by atoms with van der Waals surface area (Å²) in [5.41, 5.74) is 3.15. The maximum absolute atomic E-state index is 12.3. The van der Waals surface area contributed by atoms with Gasteiger partial charge in [-0.25, -0.2) is 15.0 Å². The van der Waals surface area contributed by atoms with Gasteiger partial charge in [-0.1, -0.05) is 11.6 Å². The molecule has 0 aliphatic rings. The van der Waals surface area contributed by atoms with Gasteiger partial charge in [0.05, 0.1) is 0 Å². The Balaban J connectivity index is 1.43. The third-order valence-electron chi connectivity index (χ3n) is 4.53. The highest BCUT2D eigenvalue weighted by atomic mass is 35.5. The number of amides is 1. The summed E-state index contributed by atoms with van der Waals surface area (Å²) in [6, 6.07) is 19.8. The van der Waals surface area contributed by atoms with Gasteiger partial charge in [0.15, 0.2) is 0 Å². The van der Waals surface area contributed by atoms with Crippen LogP contribution in [0.4, 0.5) is 28.8 Å². The van der Waals surface area contributed by atoms with Crippen molar-refractivity contribution in [3.8, 4) is 0 Å². The molecular formula is C24H21ClN6O. The normalized spacial score (nSPS) is 10.5. The Hall–Kier alpha value is -3.97. The van der Waals surface area contributed by atoms with Gasteiger partial charge in [0, 0.05) is 34.2 Å². The fourth-order valence-corrected chi connectivity index (χ4v) is 3.15. The second-order valence-corrected chi connectivity index (χ2v) is 7.63. The number of aryl methyl sites for hydroxylation is 2. The maximum atomic E-state index is 12.3. The summed E-state index contributed by atoms with van der Waals surface area (Å²) in [5.74, 6) is 2.43. The SMILES string of the molecule is Cc1ccnc(Nc2cc(Nc3ccc(NC(=O)c4ccc(Cl)cc4)cc3)nc(C)n2)c1. The van der Waals surface area contributed by atoms with E-state index < -0.39 is 0 Å². The molecule has 160 valence electrons. The summed E-state index contributed by atoms with van der Waals surface area (Å²) in [4.78, 5) is 25.5. The molecule has 4 rings (SSSR count). The first-order valence-corrected chi connectivity index (χ1v) is 10.3. The predicted molar refractivity (Wildman–Crippen MR) is 128 cm³/mol. The molecular weight excluding hydrogens is 424 g/mol. The molecule has 2 aromatic heterocycles. The molecule has 2 aromatic carbocycles. The summed E-state index contributed by atoms with van der Waals surface area (Å²) in [6.45, 7) is 3.84. The van der Waals surface area contributed by atoms with Crippen LogP contribution in [0.25, 0.3) is 0 Å². The monoisotopic (exact) mass is 444 g/mol. The zero-order valence-corrected chi connectivity index (χ0v) is 18.3. The zero-order chi connectivity index (χ0) is 22.5. The van der Waals surface area contributed by atoms with Gasteiger partial charge in [0.1, 0.15) is 23.3 Å². The number of rotatable bonds is 6. The summed E-state index contributed by atoms with van der Waals surface area (Å²) in [6.07, 6.45) is 1.75. The zero-order valence-electron chi connectivity index (χ0n) is 17.6. The van der Waals surface area contributed by atoms with Crippen LogP contribution in [0.1, 0.15) is 21.7 Å². The van der Waals surface area contributed by atoms with Crippen LogP contribution in [0.2, 0.25) is 5.02 Å². The van der Waals surface area contributed by atoms with Crippen LogP contribution in [-0.2, 0) is 0 Å². The van der Waals surface area contributed by atoms with Gasteiger partial charge < -0.3 is 16.0 Å². The molecule has 3 N–H and O–H groups in total. The van der Waals surface area contributed by atoms with Gasteiger partial charge >= 0.3 is 0 Å². The van der Waals surface area contributed by atoms with Crippen molar-refractivity contribution in [1.82, 2.24) is 15.0 Å². The van der Waals surface area contributed by atoms with E-state index in [1.165, 1.54) is 0 Å². The second kappa shape index (κ2) is 9.45. The summed E-state index contributed by atoms with van der Waals surface area (Å²) >= 11 is 5.87. The Bertz CT molecular complexity index is 1240. The van der Waals surface area contributed by atoms with Crippen molar-refractivity contribution < 1.29 is 4.79 Å². The lowest BCUT2D eigenvalue weighted by Crippen LogP contribution is -2.11. The number of nitrogens with one attached hydrogen (secondary N) is 3. The largest absolute Gasteiger partial charge is 0.340 e. The summed E-state index contributed by atoms with van der Waals surface area (Å²) < 4.78 is 0. The van der Waals surface area contributed by atoms with Crippen molar-refractivity contribution in [2.75, 3.05) is 16.0 Å². The molecule has 0 spiro atoms. The lowest BCUT2D eigenvalue weighted by Gasteiger charge is -2.11. The Morgan fingerprint density at radius 2 is 1.44 bits per heavy atom. The minimum absolute atomic E-state index is 0.200. The van der Waals surface area contributed by atoms with Crippen LogP contribution < -0.4 is 16.0 Å². The fourth-order valence-electron chi connectivity index (χ4n) is 3.02. The quantitative estimate of drug-likeness (QED) is 0.344. The number of nitrogens with zero attached hydrogens (tertiary/aromatic N) is 3. The van der Waals surface area contributed by atoms with Crippen LogP contribution in [0.5, 0.6) is 0 Å². The Kier molecular flexibility index (Phi) is 6.28. The molecule has 1 amide bonds. The molecule has 4 aromatic rings. The van der Waals surface area contributed by atoms with Crippen LogP contribution in [-0.4, -0.2) is 20.9 Å². The van der Waals surface area contributed by atoms with Crippen molar-refractivity contribution in [3.05, 3.63) is 94.9 Å². The van der Waals surface area contributed by atoms with Gasteiger partial charge in [-0.05, 0) is 80.1 Å². The molecule has 32 heavy (non-hydrogen) atoms. The highest BCUT2D eigenvalue weighted by molar-refractivity contribution is 6.30. The number of benzene rings is 2. The van der Waals surface area contributed by atoms with E-state index in [9.17, 15) is 4.79 Å². The standard InChI is InChI=1S/C24H21ClN6O/c1-15-11-12-26-21(13-15)31-23-14-22(27-16(2)28-23)29-19-7-9-20(10-8-19)30-24(32)17-3-5-18(25)6-4-17/h3-14H,1-2H3,(H,30,32)(H2,26,27,28,29,31). The van der Waals surface area contributed by atoms with Crippen molar-refractivity contribution in [2.24, 2.45) is 0 Å². The first-order valence-electron chi connectivity index (χ1n) is 9.94. The molecule has 0 unspecified atom stereocenters. The molecule has 0 saturated heterocycles. The van der Waals surface area contributed by atoms with Gasteiger partial charge in [0.25, 0.3) is 5.91 Å². The van der Waals surface area contributed by atoms with Crippen molar-refractivity contribution >= 4 is 46.3 Å². The van der Waals surface area contributed by atoms with E-state index in [1.807, 2.05) is 56.3 Å². The number of pyridine rings is 1. The number of hydrogen-bond donors (Lipinski definition) is 3. The van der Waals surface area contributed by atoms with E-state index in [1.54, 1.807) is 30.5 Å². The number of carbonyl (C=O) groups is 1. The van der Waals surface area contributed by atoms with Crippen molar-refractivity contribution in [3.63, 3.8) is 0 Å². The van der Waals surface area contributed by atoms with E-state index in [-0.39, 0.29) is 5.91 Å². The van der Waals surface area contributed by atoms with Crippen LogP contribution in [0, 0.1) is 13.8 Å². The number of carbonyl (C=O) groups excluding carboxylic acids is 1. The first kappa shape index (κ1) is 21.3. The molecule has 2 heterocycles. The molecule has 0 atom stereocenters. The number of aromatic nitrogens is 3. The van der Waals surface area contributed by atoms with Gasteiger partial charge in [-0.15, -0.1) is 0 Å². The van der Waals surface area contributed by atoms with Gasteiger partial charge in [-0.3, -0.25) is 4.79 Å². The smallest absolute Gasteiger partial charge is 0.255 e. The average molecular weight is 445 g/mol. The van der Waals surface area contributed by atoms with E-state index in [0.29, 0.717) is 33.7 Å². The molecule has 7 nitrogen and oxygen atoms in total. The Labute approximate surface area is 190 Å². The highest BCUT2D eigenvalue weighted by Crippen LogP contribution is 2.22. The number of anilines is 5. The molecule has 0 aliphatic heterocycles. The Morgan fingerprint density at radius 3 is 2.12 bits per heavy atom. The van der Waals surface area contributed by atoms with Crippen LogP contribution >= 0.6 is 11.6 Å². The van der Waals surface area contributed by atoms with E-state index in [2.05, 4.69) is 30.9 Å². The average Bonchev–Trinajstić information content (AvgIpc) is 2.75. The second-order valence-electron chi connectivity index (χ2n) is 7.19. The molecule has 0 fully saturated rings. The summed E-state index contributed by atoms with van der Waals surface area (Å²) in [7, 11) is 0. The topological polar surface area (TPSA) is 91.8 Å². The van der Waals surface area contributed by atoms with Crippen molar-refractivity contribution in [2.45, 2.75) is 13.8 Å². The van der Waals surface area contributed by atoms with Gasteiger partial charge in [-0.2, -0.15) is 0 Å². The van der Waals surface area contributed by atoms with Crippen LogP contribution in [0.15, 0.2) is 72.9 Å². The first-order chi connectivity index (χ1) is 15.4. The minimum atomic E-state index is -0.200. The Morgan fingerprint density at radius 1 is 0.781 bits per heavy atom. The molecule has 0 aliphatic carbocycles. The number of hydrogen-bond acceptors (Lipinski definition) is 6. The van der Waals surface area contributed by atoms with Crippen molar-refractivity contribution in [1.29, 1.82) is 0 Å².